The number of hydrogen-bond acceptors (Lipinski definition) is 3. The first kappa shape index (κ1) is 14.0. The van der Waals surface area contributed by atoms with Crippen LogP contribution in [0.4, 0.5) is 0 Å². The Hall–Kier alpha value is -2.11. The number of aryl methyl sites for hydroxylation is 1. The quantitative estimate of drug-likeness (QED) is 0.801. The van der Waals surface area contributed by atoms with Gasteiger partial charge in [-0.1, -0.05) is 0 Å². The largest absolute Gasteiger partial charge is 0.480 e. The van der Waals surface area contributed by atoms with Crippen molar-refractivity contribution in [3.8, 4) is 0 Å². The standard InChI is InChI=1S/C12H17N3O3/c1-12(2,11(17)18)15(4)10(16)6-5-9-7-13-14(3)8-9/h5-8H,1-4H3,(H,17,18). The zero-order valence-electron chi connectivity index (χ0n) is 10.9. The summed E-state index contributed by atoms with van der Waals surface area (Å²) in [5, 5.41) is 13.0. The molecule has 0 atom stereocenters. The van der Waals surface area contributed by atoms with E-state index in [0.717, 1.165) is 5.56 Å². The summed E-state index contributed by atoms with van der Waals surface area (Å²) in [5.41, 5.74) is -0.455. The fourth-order valence-electron chi connectivity index (χ4n) is 1.22. The topological polar surface area (TPSA) is 75.4 Å². The summed E-state index contributed by atoms with van der Waals surface area (Å²) < 4.78 is 1.62. The van der Waals surface area contributed by atoms with E-state index in [9.17, 15) is 9.59 Å². The van der Waals surface area contributed by atoms with E-state index in [-0.39, 0.29) is 5.91 Å². The first-order valence-corrected chi connectivity index (χ1v) is 5.43. The molecule has 0 bridgehead atoms. The lowest BCUT2D eigenvalue weighted by Crippen LogP contribution is -2.50. The van der Waals surface area contributed by atoms with Gasteiger partial charge in [-0.2, -0.15) is 5.10 Å². The maximum Gasteiger partial charge on any atom is 0.329 e. The molecule has 0 radical (unpaired) electrons. The van der Waals surface area contributed by atoms with E-state index in [4.69, 9.17) is 5.11 Å². The van der Waals surface area contributed by atoms with Crippen molar-refractivity contribution in [2.24, 2.45) is 7.05 Å². The second-order valence-corrected chi connectivity index (χ2v) is 4.54. The monoisotopic (exact) mass is 251 g/mol. The minimum atomic E-state index is -1.24. The molecular weight excluding hydrogens is 234 g/mol. The molecule has 0 aliphatic rings. The summed E-state index contributed by atoms with van der Waals surface area (Å²) in [6.45, 7) is 2.95. The lowest BCUT2D eigenvalue weighted by molar-refractivity contribution is -0.153. The molecule has 0 aromatic carbocycles. The van der Waals surface area contributed by atoms with Crippen LogP contribution in [-0.4, -0.2) is 44.3 Å². The summed E-state index contributed by atoms with van der Waals surface area (Å²) >= 11 is 0. The molecule has 0 fully saturated rings. The van der Waals surface area contributed by atoms with Gasteiger partial charge in [0.25, 0.3) is 0 Å². The van der Waals surface area contributed by atoms with Gasteiger partial charge in [0, 0.05) is 31.9 Å². The average molecular weight is 251 g/mol. The van der Waals surface area contributed by atoms with Gasteiger partial charge < -0.3 is 10.0 Å². The van der Waals surface area contributed by atoms with Crippen molar-refractivity contribution in [1.82, 2.24) is 14.7 Å². The van der Waals surface area contributed by atoms with Crippen LogP contribution in [0.2, 0.25) is 0 Å². The predicted octanol–water partition coefficient (Wildman–Crippen LogP) is 0.755. The van der Waals surface area contributed by atoms with Crippen LogP contribution >= 0.6 is 0 Å². The summed E-state index contributed by atoms with van der Waals surface area (Å²) in [7, 11) is 3.24. The molecule has 1 aromatic rings. The summed E-state index contributed by atoms with van der Waals surface area (Å²) in [6, 6.07) is 0. The molecule has 1 N–H and O–H groups in total. The van der Waals surface area contributed by atoms with Gasteiger partial charge in [-0.3, -0.25) is 9.48 Å². The third-order valence-electron chi connectivity index (χ3n) is 2.84. The number of aliphatic carboxylic acids is 1. The van der Waals surface area contributed by atoms with Crippen LogP contribution < -0.4 is 0 Å². The molecule has 18 heavy (non-hydrogen) atoms. The Bertz CT molecular complexity index is 489. The fraction of sp³-hybridized carbons (Fsp3) is 0.417. The second kappa shape index (κ2) is 5.03. The van der Waals surface area contributed by atoms with Gasteiger partial charge in [0.2, 0.25) is 5.91 Å². The molecule has 0 spiro atoms. The molecule has 98 valence electrons. The minimum absolute atomic E-state index is 0.369. The number of amides is 1. The predicted molar refractivity (Wildman–Crippen MR) is 66.7 cm³/mol. The maximum atomic E-state index is 11.8. The van der Waals surface area contributed by atoms with Gasteiger partial charge in [-0.25, -0.2) is 4.79 Å². The molecule has 1 aromatic heterocycles. The maximum absolute atomic E-state index is 11.8. The Labute approximate surface area is 106 Å². The van der Waals surface area contributed by atoms with Crippen LogP contribution in [-0.2, 0) is 16.6 Å². The van der Waals surface area contributed by atoms with Crippen LogP contribution in [0.3, 0.4) is 0 Å². The second-order valence-electron chi connectivity index (χ2n) is 4.54. The third-order valence-corrected chi connectivity index (χ3v) is 2.84. The molecule has 0 saturated heterocycles. The van der Waals surface area contributed by atoms with E-state index in [0.29, 0.717) is 0 Å². The van der Waals surface area contributed by atoms with Gasteiger partial charge in [0.05, 0.1) is 6.20 Å². The Balaban J connectivity index is 2.77. The molecule has 1 heterocycles. The van der Waals surface area contributed by atoms with E-state index >= 15 is 0 Å². The van der Waals surface area contributed by atoms with Crippen LogP contribution in [0.25, 0.3) is 6.08 Å². The highest BCUT2D eigenvalue weighted by Gasteiger charge is 2.34. The Morgan fingerprint density at radius 3 is 2.56 bits per heavy atom. The first-order valence-electron chi connectivity index (χ1n) is 5.43. The van der Waals surface area contributed by atoms with Crippen molar-refractivity contribution in [2.45, 2.75) is 19.4 Å². The van der Waals surface area contributed by atoms with Gasteiger partial charge in [-0.05, 0) is 19.9 Å². The Morgan fingerprint density at radius 2 is 2.11 bits per heavy atom. The molecule has 0 unspecified atom stereocenters. The lowest BCUT2D eigenvalue weighted by Gasteiger charge is -2.30. The summed E-state index contributed by atoms with van der Waals surface area (Å²) in [5.74, 6) is -1.42. The number of likely N-dealkylation sites (N-methyl/N-ethyl adjacent to an activating group) is 1. The first-order chi connectivity index (χ1) is 8.25. The van der Waals surface area contributed by atoms with Crippen molar-refractivity contribution in [1.29, 1.82) is 0 Å². The highest BCUT2D eigenvalue weighted by molar-refractivity contribution is 5.95. The minimum Gasteiger partial charge on any atom is -0.480 e. The number of rotatable bonds is 4. The van der Waals surface area contributed by atoms with E-state index in [1.54, 1.807) is 30.2 Å². The van der Waals surface area contributed by atoms with E-state index in [1.165, 1.54) is 31.9 Å². The van der Waals surface area contributed by atoms with Crippen molar-refractivity contribution in [3.05, 3.63) is 24.0 Å². The van der Waals surface area contributed by atoms with Crippen LogP contribution in [0, 0.1) is 0 Å². The van der Waals surface area contributed by atoms with Gasteiger partial charge >= 0.3 is 5.97 Å². The normalized spacial score (nSPS) is 11.8. The Morgan fingerprint density at radius 1 is 1.50 bits per heavy atom. The number of carboxylic acids is 1. The third kappa shape index (κ3) is 2.97. The molecule has 1 rings (SSSR count). The molecule has 6 heteroatoms. The van der Waals surface area contributed by atoms with Crippen molar-refractivity contribution >= 4 is 18.0 Å². The zero-order chi connectivity index (χ0) is 13.9. The van der Waals surface area contributed by atoms with Gasteiger partial charge in [0.1, 0.15) is 5.54 Å². The lowest BCUT2D eigenvalue weighted by atomic mass is 10.0. The number of carbonyl (C=O) groups is 2. The Kier molecular flexibility index (Phi) is 3.90. The van der Waals surface area contributed by atoms with Crippen LogP contribution in [0.1, 0.15) is 19.4 Å². The number of carboxylic acid groups (broad SMARTS) is 1. The molecular formula is C12H17N3O3. The summed E-state index contributed by atoms with van der Waals surface area (Å²) in [4.78, 5) is 24.0. The van der Waals surface area contributed by atoms with E-state index < -0.39 is 11.5 Å². The molecule has 6 nitrogen and oxygen atoms in total. The van der Waals surface area contributed by atoms with Crippen molar-refractivity contribution < 1.29 is 14.7 Å². The van der Waals surface area contributed by atoms with Crippen molar-refractivity contribution in [2.75, 3.05) is 7.05 Å². The molecule has 0 aliphatic heterocycles. The van der Waals surface area contributed by atoms with Crippen molar-refractivity contribution in [3.63, 3.8) is 0 Å². The highest BCUT2D eigenvalue weighted by Crippen LogP contribution is 2.13. The summed E-state index contributed by atoms with van der Waals surface area (Å²) in [6.07, 6.45) is 6.31. The fourth-order valence-corrected chi connectivity index (χ4v) is 1.22. The van der Waals surface area contributed by atoms with Gasteiger partial charge in [-0.15, -0.1) is 0 Å². The van der Waals surface area contributed by atoms with Gasteiger partial charge in [0.15, 0.2) is 0 Å². The highest BCUT2D eigenvalue weighted by atomic mass is 16.4. The van der Waals surface area contributed by atoms with Crippen LogP contribution in [0.5, 0.6) is 0 Å². The zero-order valence-corrected chi connectivity index (χ0v) is 10.9. The van der Waals surface area contributed by atoms with E-state index in [1.807, 2.05) is 0 Å². The molecule has 1 amide bonds. The molecule has 0 saturated carbocycles. The van der Waals surface area contributed by atoms with E-state index in [2.05, 4.69) is 5.10 Å². The molecule has 0 aliphatic carbocycles. The number of aromatic nitrogens is 2. The average Bonchev–Trinajstić information content (AvgIpc) is 2.70. The smallest absolute Gasteiger partial charge is 0.329 e. The van der Waals surface area contributed by atoms with Crippen LogP contribution in [0.15, 0.2) is 18.5 Å². The number of hydrogen-bond donors (Lipinski definition) is 1. The SMILES string of the molecule is CN(C(=O)C=Cc1cnn(C)c1)C(C)(C)C(=O)O. The number of nitrogens with zero attached hydrogens (tertiary/aromatic N) is 3. The number of carbonyl (C=O) groups excluding carboxylic acids is 1.